The van der Waals surface area contributed by atoms with Gasteiger partial charge in [0.05, 0.1) is 18.4 Å². The molecule has 1 aliphatic heterocycles. The minimum absolute atomic E-state index is 0.0542. The number of phenols is 1. The van der Waals surface area contributed by atoms with E-state index in [0.717, 1.165) is 25.8 Å². The molecule has 6 nitrogen and oxygen atoms in total. The van der Waals surface area contributed by atoms with E-state index in [-0.39, 0.29) is 11.0 Å². The zero-order valence-corrected chi connectivity index (χ0v) is 16.3. The first-order valence-corrected chi connectivity index (χ1v) is 9.74. The Balaban J connectivity index is 1.59. The topological polar surface area (TPSA) is 82.9 Å². The summed E-state index contributed by atoms with van der Waals surface area (Å²) in [6.45, 7) is 3.79. The fraction of sp³-hybridized carbons (Fsp3) is 0.455. The molecule has 0 amide bonds. The van der Waals surface area contributed by atoms with Crippen LogP contribution >= 0.6 is 0 Å². The number of aromatic carboxylic acids is 1. The molecule has 1 saturated heterocycles. The van der Waals surface area contributed by atoms with Crippen LogP contribution in [0.5, 0.6) is 11.5 Å². The Morgan fingerprint density at radius 1 is 1.36 bits per heavy atom. The van der Waals surface area contributed by atoms with E-state index in [2.05, 4.69) is 29.9 Å². The molecule has 148 valence electrons. The Kier molecular flexibility index (Phi) is 4.75. The van der Waals surface area contributed by atoms with Gasteiger partial charge in [0.1, 0.15) is 11.5 Å². The van der Waals surface area contributed by atoms with E-state index in [1.54, 1.807) is 12.3 Å². The molecule has 0 spiro atoms. The van der Waals surface area contributed by atoms with Gasteiger partial charge in [-0.05, 0) is 68.1 Å². The van der Waals surface area contributed by atoms with Crippen molar-refractivity contribution in [1.29, 1.82) is 0 Å². The molecule has 2 bridgehead atoms. The Morgan fingerprint density at radius 2 is 2.18 bits per heavy atom. The number of hydrogen-bond donors (Lipinski definition) is 2. The highest BCUT2D eigenvalue weighted by atomic mass is 16.5. The number of piperidine rings is 1. The number of aromatic nitrogens is 1. The van der Waals surface area contributed by atoms with Gasteiger partial charge in [0, 0.05) is 17.7 Å². The lowest BCUT2D eigenvalue weighted by Crippen LogP contribution is -2.58. The Hall–Kier alpha value is -2.60. The molecule has 2 heterocycles. The van der Waals surface area contributed by atoms with Gasteiger partial charge in [-0.3, -0.25) is 4.98 Å². The molecular weight excluding hydrogens is 356 g/mol. The molecule has 0 saturated carbocycles. The lowest BCUT2D eigenvalue weighted by atomic mass is 9.56. The summed E-state index contributed by atoms with van der Waals surface area (Å²) in [5, 5.41) is 19.2. The SMILES string of the molecule is C[C@H]1[C@H]2Cc3ccc(O)cc3C1(CCOc1cncc(C(=O)O)c1)CCN2C. The van der Waals surface area contributed by atoms with Gasteiger partial charge in [-0.15, -0.1) is 0 Å². The van der Waals surface area contributed by atoms with Gasteiger partial charge in [0.25, 0.3) is 0 Å². The van der Waals surface area contributed by atoms with E-state index in [1.165, 1.54) is 23.4 Å². The van der Waals surface area contributed by atoms with Crippen LogP contribution in [0, 0.1) is 5.92 Å². The van der Waals surface area contributed by atoms with E-state index in [4.69, 9.17) is 9.84 Å². The maximum Gasteiger partial charge on any atom is 0.337 e. The predicted octanol–water partition coefficient (Wildman–Crippen LogP) is 3.09. The van der Waals surface area contributed by atoms with E-state index in [0.29, 0.717) is 30.1 Å². The molecule has 1 fully saturated rings. The summed E-state index contributed by atoms with van der Waals surface area (Å²) in [5.74, 6) is 0.204. The number of carbonyl (C=O) groups is 1. The lowest BCUT2D eigenvalue weighted by molar-refractivity contribution is 0.0284. The van der Waals surface area contributed by atoms with Crippen molar-refractivity contribution in [2.24, 2.45) is 5.92 Å². The predicted molar refractivity (Wildman–Crippen MR) is 105 cm³/mol. The van der Waals surface area contributed by atoms with Crippen LogP contribution < -0.4 is 4.74 Å². The lowest BCUT2D eigenvalue weighted by Gasteiger charge is -2.55. The molecule has 4 rings (SSSR count). The molecule has 6 heteroatoms. The first-order valence-electron chi connectivity index (χ1n) is 9.74. The minimum Gasteiger partial charge on any atom is -0.508 e. The summed E-state index contributed by atoms with van der Waals surface area (Å²) in [4.78, 5) is 17.5. The third-order valence-electron chi connectivity index (χ3n) is 6.76. The standard InChI is InChI=1S/C22H26N2O4/c1-14-20-10-15-3-4-17(25)11-19(15)22(14,5-7-24(20)2)6-8-28-18-9-16(21(26)27)12-23-13-18/h3-4,9,11-14,20,25H,5-8,10H2,1-2H3,(H,26,27)/t14-,20+,22?/m0/s1. The second-order valence-electron chi connectivity index (χ2n) is 8.10. The third-order valence-corrected chi connectivity index (χ3v) is 6.76. The Labute approximate surface area is 164 Å². The molecule has 28 heavy (non-hydrogen) atoms. The quantitative estimate of drug-likeness (QED) is 0.827. The van der Waals surface area contributed by atoms with Gasteiger partial charge in [-0.1, -0.05) is 13.0 Å². The number of carboxylic acid groups (broad SMARTS) is 1. The summed E-state index contributed by atoms with van der Waals surface area (Å²) in [6.07, 6.45) is 5.68. The van der Waals surface area contributed by atoms with Gasteiger partial charge in [0.15, 0.2) is 0 Å². The second-order valence-corrected chi connectivity index (χ2v) is 8.10. The van der Waals surface area contributed by atoms with Crippen LogP contribution in [-0.2, 0) is 11.8 Å². The first-order chi connectivity index (χ1) is 13.4. The number of phenolic OH excluding ortho intramolecular Hbond substituents is 1. The monoisotopic (exact) mass is 382 g/mol. The zero-order chi connectivity index (χ0) is 19.9. The van der Waals surface area contributed by atoms with Crippen LogP contribution in [0.4, 0.5) is 0 Å². The Morgan fingerprint density at radius 3 is 2.96 bits per heavy atom. The zero-order valence-electron chi connectivity index (χ0n) is 16.3. The van der Waals surface area contributed by atoms with Crippen molar-refractivity contribution in [2.45, 2.75) is 37.6 Å². The van der Waals surface area contributed by atoms with Gasteiger partial charge in [-0.2, -0.15) is 0 Å². The molecule has 3 atom stereocenters. The van der Waals surface area contributed by atoms with E-state index < -0.39 is 5.97 Å². The highest BCUT2D eigenvalue weighted by molar-refractivity contribution is 5.87. The number of likely N-dealkylation sites (N-methyl/N-ethyl adjacent to an activating group) is 1. The second kappa shape index (κ2) is 7.09. The van der Waals surface area contributed by atoms with Crippen LogP contribution in [0.25, 0.3) is 0 Å². The van der Waals surface area contributed by atoms with Crippen molar-refractivity contribution in [1.82, 2.24) is 9.88 Å². The normalized spacial score (nSPS) is 26.5. The summed E-state index contributed by atoms with van der Waals surface area (Å²) in [7, 11) is 2.19. The maximum atomic E-state index is 11.1. The highest BCUT2D eigenvalue weighted by Crippen LogP contribution is 2.51. The van der Waals surface area contributed by atoms with Crippen molar-refractivity contribution < 1.29 is 19.7 Å². The van der Waals surface area contributed by atoms with Crippen LogP contribution in [0.15, 0.2) is 36.7 Å². The number of fused-ring (bicyclic) bond motifs is 4. The molecule has 1 aromatic heterocycles. The average molecular weight is 382 g/mol. The molecule has 1 unspecified atom stereocenters. The maximum absolute atomic E-state index is 11.1. The van der Waals surface area contributed by atoms with E-state index in [9.17, 15) is 9.90 Å². The van der Waals surface area contributed by atoms with Crippen molar-refractivity contribution in [3.8, 4) is 11.5 Å². The number of rotatable bonds is 5. The minimum atomic E-state index is -1.01. The van der Waals surface area contributed by atoms with Gasteiger partial charge in [0.2, 0.25) is 0 Å². The number of pyridine rings is 1. The van der Waals surface area contributed by atoms with Crippen LogP contribution in [0.3, 0.4) is 0 Å². The molecule has 0 radical (unpaired) electrons. The summed E-state index contributed by atoms with van der Waals surface area (Å²) < 4.78 is 5.90. The van der Waals surface area contributed by atoms with Crippen molar-refractivity contribution in [3.63, 3.8) is 0 Å². The van der Waals surface area contributed by atoms with Crippen LogP contribution in [0.1, 0.15) is 41.3 Å². The fourth-order valence-corrected chi connectivity index (χ4v) is 5.12. The molecule has 2 aromatic rings. The number of benzene rings is 1. The van der Waals surface area contributed by atoms with Crippen molar-refractivity contribution >= 4 is 5.97 Å². The number of carboxylic acids is 1. The molecule has 2 aliphatic rings. The summed E-state index contributed by atoms with van der Waals surface area (Å²) in [6, 6.07) is 7.74. The Bertz CT molecular complexity index is 900. The fourth-order valence-electron chi connectivity index (χ4n) is 5.12. The molecule has 1 aromatic carbocycles. The third kappa shape index (κ3) is 3.11. The van der Waals surface area contributed by atoms with Gasteiger partial charge < -0.3 is 19.8 Å². The summed E-state index contributed by atoms with van der Waals surface area (Å²) >= 11 is 0. The number of hydrogen-bond acceptors (Lipinski definition) is 5. The number of nitrogens with zero attached hydrogens (tertiary/aromatic N) is 2. The van der Waals surface area contributed by atoms with E-state index >= 15 is 0 Å². The van der Waals surface area contributed by atoms with Crippen molar-refractivity contribution in [3.05, 3.63) is 53.3 Å². The number of likely N-dealkylation sites (tertiary alicyclic amines) is 1. The van der Waals surface area contributed by atoms with Crippen molar-refractivity contribution in [2.75, 3.05) is 20.2 Å². The molecule has 1 aliphatic carbocycles. The molecule has 2 N–H and O–H groups in total. The van der Waals surface area contributed by atoms with E-state index in [1.807, 2.05) is 6.07 Å². The molecular formula is C22H26N2O4. The van der Waals surface area contributed by atoms with Crippen LogP contribution in [-0.4, -0.2) is 52.3 Å². The summed E-state index contributed by atoms with van der Waals surface area (Å²) in [5.41, 5.74) is 2.62. The smallest absolute Gasteiger partial charge is 0.337 e. The largest absolute Gasteiger partial charge is 0.508 e. The van der Waals surface area contributed by atoms with Gasteiger partial charge in [-0.25, -0.2) is 4.79 Å². The average Bonchev–Trinajstić information content (AvgIpc) is 2.67. The first kappa shape index (κ1) is 18.7. The number of aromatic hydroxyl groups is 1. The van der Waals surface area contributed by atoms with Crippen LogP contribution in [0.2, 0.25) is 0 Å². The number of ether oxygens (including phenoxy) is 1. The highest BCUT2D eigenvalue weighted by Gasteiger charge is 2.50. The van der Waals surface area contributed by atoms with Gasteiger partial charge >= 0.3 is 5.97 Å².